The summed E-state index contributed by atoms with van der Waals surface area (Å²) in [5.74, 6) is -1.83. The molecule has 0 aromatic heterocycles. The monoisotopic (exact) mass is 341 g/mol. The molecule has 0 saturated carbocycles. The second kappa shape index (κ2) is 5.23. The van der Waals surface area contributed by atoms with E-state index in [4.69, 9.17) is 9.31 Å². The van der Waals surface area contributed by atoms with Crippen LogP contribution < -0.4 is 10.4 Å². The first-order valence-corrected chi connectivity index (χ1v) is 7.79. The van der Waals surface area contributed by atoms with Crippen molar-refractivity contribution in [1.29, 1.82) is 0 Å². The SMILES string of the molecule is CC1(C)OB(c2ccc3c(c2)CCN3C(=O)C(F)(F)F)OC1(C)C. The quantitative estimate of drug-likeness (QED) is 0.737. The second-order valence-electron chi connectivity index (χ2n) is 7.18. The number of nitrogens with zero attached hydrogens (tertiary/aromatic N) is 1. The first-order chi connectivity index (χ1) is 10.9. The maximum absolute atomic E-state index is 12.7. The van der Waals surface area contributed by atoms with E-state index in [1.165, 1.54) is 6.07 Å². The van der Waals surface area contributed by atoms with Gasteiger partial charge in [-0.25, -0.2) is 0 Å². The Morgan fingerprint density at radius 1 is 1.17 bits per heavy atom. The fourth-order valence-corrected chi connectivity index (χ4v) is 2.91. The lowest BCUT2D eigenvalue weighted by molar-refractivity contribution is -0.170. The zero-order valence-electron chi connectivity index (χ0n) is 14.0. The molecule has 0 unspecified atom stereocenters. The van der Waals surface area contributed by atoms with Crippen molar-refractivity contribution in [2.24, 2.45) is 0 Å². The van der Waals surface area contributed by atoms with Crippen LogP contribution in [0.25, 0.3) is 0 Å². The molecule has 0 N–H and O–H groups in total. The highest BCUT2D eigenvalue weighted by molar-refractivity contribution is 6.62. The summed E-state index contributed by atoms with van der Waals surface area (Å²) in [6.45, 7) is 7.77. The van der Waals surface area contributed by atoms with Crippen LogP contribution in [-0.4, -0.2) is 36.9 Å². The van der Waals surface area contributed by atoms with Crippen molar-refractivity contribution in [3.63, 3.8) is 0 Å². The number of alkyl halides is 3. The van der Waals surface area contributed by atoms with Crippen LogP contribution >= 0.6 is 0 Å². The van der Waals surface area contributed by atoms with Crippen molar-refractivity contribution in [3.8, 4) is 0 Å². The fraction of sp³-hybridized carbons (Fsp3) is 0.562. The van der Waals surface area contributed by atoms with Gasteiger partial charge in [0, 0.05) is 12.2 Å². The molecule has 0 aliphatic carbocycles. The molecule has 3 rings (SSSR count). The van der Waals surface area contributed by atoms with Crippen molar-refractivity contribution in [2.45, 2.75) is 51.5 Å². The summed E-state index contributed by atoms with van der Waals surface area (Å²) < 4.78 is 49.9. The van der Waals surface area contributed by atoms with E-state index in [1.807, 2.05) is 27.7 Å². The van der Waals surface area contributed by atoms with Crippen LogP contribution in [0.2, 0.25) is 0 Å². The molecule has 8 heteroatoms. The summed E-state index contributed by atoms with van der Waals surface area (Å²) in [4.78, 5) is 12.3. The van der Waals surface area contributed by atoms with Gasteiger partial charge in [-0.1, -0.05) is 12.1 Å². The van der Waals surface area contributed by atoms with Crippen molar-refractivity contribution in [1.82, 2.24) is 0 Å². The zero-order chi connectivity index (χ0) is 17.9. The number of hydrogen-bond acceptors (Lipinski definition) is 3. The average Bonchev–Trinajstić information content (AvgIpc) is 2.95. The highest BCUT2D eigenvalue weighted by Gasteiger charge is 2.52. The molecule has 1 aromatic carbocycles. The van der Waals surface area contributed by atoms with Gasteiger partial charge in [-0.15, -0.1) is 0 Å². The molecule has 1 amide bonds. The van der Waals surface area contributed by atoms with Gasteiger partial charge in [0.1, 0.15) is 0 Å². The Bertz CT molecular complexity index is 672. The summed E-state index contributed by atoms with van der Waals surface area (Å²) in [5.41, 5.74) is 0.760. The van der Waals surface area contributed by atoms with Crippen LogP contribution in [0.4, 0.5) is 18.9 Å². The average molecular weight is 341 g/mol. The Labute approximate surface area is 139 Å². The molecule has 0 atom stereocenters. The predicted octanol–water partition coefficient (Wildman–Crippen LogP) is 2.44. The van der Waals surface area contributed by atoms with E-state index >= 15 is 0 Å². The van der Waals surface area contributed by atoms with Crippen LogP contribution in [0.3, 0.4) is 0 Å². The van der Waals surface area contributed by atoms with Gasteiger partial charge in [0.05, 0.1) is 11.2 Å². The molecular weight excluding hydrogens is 322 g/mol. The van der Waals surface area contributed by atoms with Gasteiger partial charge in [0.15, 0.2) is 0 Å². The normalized spacial score (nSPS) is 22.0. The van der Waals surface area contributed by atoms with E-state index in [-0.39, 0.29) is 6.54 Å². The summed E-state index contributed by atoms with van der Waals surface area (Å²) in [5, 5.41) is 0. The minimum Gasteiger partial charge on any atom is -0.399 e. The maximum atomic E-state index is 12.7. The van der Waals surface area contributed by atoms with Crippen LogP contribution in [-0.2, 0) is 20.5 Å². The molecule has 2 aliphatic heterocycles. The van der Waals surface area contributed by atoms with E-state index < -0.39 is 30.4 Å². The number of carbonyl (C=O) groups is 1. The van der Waals surface area contributed by atoms with E-state index in [9.17, 15) is 18.0 Å². The van der Waals surface area contributed by atoms with Crippen LogP contribution in [0, 0.1) is 0 Å². The topological polar surface area (TPSA) is 38.8 Å². The van der Waals surface area contributed by atoms with Crippen LogP contribution in [0.15, 0.2) is 18.2 Å². The summed E-state index contributed by atoms with van der Waals surface area (Å²) in [7, 11) is -0.576. The standard InChI is InChI=1S/C16H19BF3NO3/c1-14(2)15(3,4)24-17(23-14)11-5-6-12-10(9-11)7-8-21(12)13(22)16(18,19)20/h5-6,9H,7-8H2,1-4H3. The number of anilines is 1. The number of halogens is 3. The fourth-order valence-electron chi connectivity index (χ4n) is 2.91. The number of fused-ring (bicyclic) bond motifs is 1. The van der Waals surface area contributed by atoms with Gasteiger partial charge in [-0.2, -0.15) is 13.2 Å². The Morgan fingerprint density at radius 3 is 2.29 bits per heavy atom. The number of hydrogen-bond donors (Lipinski definition) is 0. The van der Waals surface area contributed by atoms with Gasteiger partial charge < -0.3 is 14.2 Å². The van der Waals surface area contributed by atoms with E-state index in [0.717, 1.165) is 10.4 Å². The zero-order valence-corrected chi connectivity index (χ0v) is 14.0. The van der Waals surface area contributed by atoms with Gasteiger partial charge in [-0.05, 0) is 51.2 Å². The minimum absolute atomic E-state index is 0.0283. The second-order valence-corrected chi connectivity index (χ2v) is 7.18. The van der Waals surface area contributed by atoms with E-state index in [1.54, 1.807) is 12.1 Å². The Balaban J connectivity index is 1.86. The molecule has 2 aliphatic rings. The van der Waals surface area contributed by atoms with Gasteiger partial charge in [0.2, 0.25) is 0 Å². The Kier molecular flexibility index (Phi) is 3.77. The Hall–Kier alpha value is -1.54. The summed E-state index contributed by atoms with van der Waals surface area (Å²) >= 11 is 0. The molecule has 0 spiro atoms. The summed E-state index contributed by atoms with van der Waals surface area (Å²) in [6, 6.07) is 4.95. The third kappa shape index (κ3) is 2.71. The molecule has 0 radical (unpaired) electrons. The first-order valence-electron chi connectivity index (χ1n) is 7.79. The van der Waals surface area contributed by atoms with Gasteiger partial charge in [-0.3, -0.25) is 4.79 Å². The maximum Gasteiger partial charge on any atom is 0.494 e. The summed E-state index contributed by atoms with van der Waals surface area (Å²) in [6.07, 6.45) is -4.49. The van der Waals surface area contributed by atoms with Gasteiger partial charge in [0.25, 0.3) is 0 Å². The first kappa shape index (κ1) is 17.3. The molecule has 1 aromatic rings. The highest BCUT2D eigenvalue weighted by Crippen LogP contribution is 2.37. The van der Waals surface area contributed by atoms with Crippen molar-refractivity contribution < 1.29 is 27.3 Å². The molecule has 4 nitrogen and oxygen atoms in total. The molecule has 2 heterocycles. The van der Waals surface area contributed by atoms with Crippen molar-refractivity contribution in [3.05, 3.63) is 23.8 Å². The number of rotatable bonds is 1. The van der Waals surface area contributed by atoms with Crippen LogP contribution in [0.5, 0.6) is 0 Å². The lowest BCUT2D eigenvalue weighted by Gasteiger charge is -2.32. The lowest BCUT2D eigenvalue weighted by Crippen LogP contribution is -2.41. The molecule has 130 valence electrons. The smallest absolute Gasteiger partial charge is 0.399 e. The van der Waals surface area contributed by atoms with Crippen molar-refractivity contribution >= 4 is 24.2 Å². The number of benzene rings is 1. The largest absolute Gasteiger partial charge is 0.494 e. The molecule has 24 heavy (non-hydrogen) atoms. The van der Waals surface area contributed by atoms with Crippen LogP contribution in [0.1, 0.15) is 33.3 Å². The van der Waals surface area contributed by atoms with Crippen molar-refractivity contribution in [2.75, 3.05) is 11.4 Å². The molecule has 1 fully saturated rings. The van der Waals surface area contributed by atoms with Gasteiger partial charge >= 0.3 is 19.2 Å². The predicted molar refractivity (Wildman–Crippen MR) is 84.3 cm³/mol. The third-order valence-electron chi connectivity index (χ3n) is 5.01. The molecule has 1 saturated heterocycles. The minimum atomic E-state index is -4.87. The number of carbonyl (C=O) groups excluding carboxylic acids is 1. The highest BCUT2D eigenvalue weighted by atomic mass is 19.4. The molecular formula is C16H19BF3NO3. The molecule has 0 bridgehead atoms. The number of amides is 1. The van der Waals surface area contributed by atoms with E-state index in [0.29, 0.717) is 17.7 Å². The third-order valence-corrected chi connectivity index (χ3v) is 5.01. The lowest BCUT2D eigenvalue weighted by atomic mass is 9.78. The Morgan fingerprint density at radius 2 is 1.75 bits per heavy atom. The van der Waals surface area contributed by atoms with E-state index in [2.05, 4.69) is 0 Å².